The van der Waals surface area contributed by atoms with Crippen LogP contribution >= 0.6 is 0 Å². The molecule has 200 valence electrons. The number of ether oxygens (including phenoxy) is 2. The molecule has 10 heteroatoms. The van der Waals surface area contributed by atoms with Gasteiger partial charge in [-0.15, -0.1) is 0 Å². The number of dihydropyridines is 1. The minimum Gasteiger partial charge on any atom is -0.466 e. The lowest BCUT2D eigenvalue weighted by atomic mass is 9.80. The highest BCUT2D eigenvalue weighted by molar-refractivity contribution is 5.99. The number of esters is 2. The van der Waals surface area contributed by atoms with Crippen LogP contribution in [-0.2, 0) is 25.6 Å². The fraction of sp³-hybridized carbons (Fsp3) is 0.207. The average Bonchev–Trinajstić information content (AvgIpc) is 3.44. The SMILES string of the molecule is COC(=O)C1=C(C)NC(C)=C(C(=O)OC/C=C/c2ccc(Cn3ccnc3)cc2)C1c1ccc([N+](=O)[O-])cc1. The van der Waals surface area contributed by atoms with E-state index >= 15 is 0 Å². The van der Waals surface area contributed by atoms with Gasteiger partial charge in [0.05, 0.1) is 35.4 Å². The fourth-order valence-corrected chi connectivity index (χ4v) is 4.48. The van der Waals surface area contributed by atoms with Gasteiger partial charge in [0.2, 0.25) is 0 Å². The predicted octanol–water partition coefficient (Wildman–Crippen LogP) is 4.50. The lowest BCUT2D eigenvalue weighted by Crippen LogP contribution is -2.32. The predicted molar refractivity (Wildman–Crippen MR) is 144 cm³/mol. The zero-order valence-corrected chi connectivity index (χ0v) is 21.8. The van der Waals surface area contributed by atoms with E-state index in [2.05, 4.69) is 10.3 Å². The van der Waals surface area contributed by atoms with Crippen LogP contribution in [0, 0.1) is 10.1 Å². The second-order valence-electron chi connectivity index (χ2n) is 8.95. The van der Waals surface area contributed by atoms with Crippen molar-refractivity contribution in [2.45, 2.75) is 26.3 Å². The van der Waals surface area contributed by atoms with Crippen molar-refractivity contribution >= 4 is 23.7 Å². The first-order valence-electron chi connectivity index (χ1n) is 12.2. The number of nitrogens with zero attached hydrogens (tertiary/aromatic N) is 3. The lowest BCUT2D eigenvalue weighted by Gasteiger charge is -2.30. The maximum Gasteiger partial charge on any atom is 0.337 e. The Morgan fingerprint density at radius 1 is 1.05 bits per heavy atom. The van der Waals surface area contributed by atoms with E-state index in [0.717, 1.165) is 17.7 Å². The van der Waals surface area contributed by atoms with Crippen LogP contribution in [0.1, 0.15) is 36.5 Å². The first-order valence-corrected chi connectivity index (χ1v) is 12.2. The zero-order valence-electron chi connectivity index (χ0n) is 21.8. The van der Waals surface area contributed by atoms with Gasteiger partial charge in [-0.2, -0.15) is 0 Å². The van der Waals surface area contributed by atoms with Crippen molar-refractivity contribution in [3.05, 3.63) is 123 Å². The normalized spacial score (nSPS) is 15.3. The van der Waals surface area contributed by atoms with Crippen LogP contribution in [0.15, 0.2) is 95.9 Å². The Hall–Kier alpha value is -4.99. The van der Waals surface area contributed by atoms with E-state index in [1.807, 2.05) is 41.1 Å². The molecular weight excluding hydrogens is 500 g/mol. The van der Waals surface area contributed by atoms with E-state index < -0.39 is 22.8 Å². The Kier molecular flexibility index (Phi) is 8.35. The van der Waals surface area contributed by atoms with Crippen molar-refractivity contribution in [2.24, 2.45) is 0 Å². The summed E-state index contributed by atoms with van der Waals surface area (Å²) < 4.78 is 12.5. The van der Waals surface area contributed by atoms with Gasteiger partial charge in [-0.25, -0.2) is 14.6 Å². The quantitative estimate of drug-likeness (QED) is 0.244. The van der Waals surface area contributed by atoms with E-state index in [1.54, 1.807) is 32.4 Å². The highest BCUT2D eigenvalue weighted by Gasteiger charge is 2.37. The van der Waals surface area contributed by atoms with E-state index in [9.17, 15) is 19.7 Å². The van der Waals surface area contributed by atoms with Crippen molar-refractivity contribution in [1.82, 2.24) is 14.9 Å². The molecule has 10 nitrogen and oxygen atoms in total. The van der Waals surface area contributed by atoms with Crippen LogP contribution in [0.25, 0.3) is 6.08 Å². The molecule has 0 radical (unpaired) electrons. The molecule has 0 saturated heterocycles. The summed E-state index contributed by atoms with van der Waals surface area (Å²) in [5.41, 5.74) is 4.01. The van der Waals surface area contributed by atoms with Crippen LogP contribution in [-0.4, -0.2) is 40.1 Å². The number of non-ortho nitro benzene ring substituents is 1. The van der Waals surface area contributed by atoms with E-state index in [0.29, 0.717) is 17.0 Å². The topological polar surface area (TPSA) is 126 Å². The minimum atomic E-state index is -0.820. The summed E-state index contributed by atoms with van der Waals surface area (Å²) in [6.07, 6.45) is 8.99. The molecule has 1 N–H and O–H groups in total. The molecule has 0 saturated carbocycles. The van der Waals surface area contributed by atoms with Gasteiger partial charge < -0.3 is 19.4 Å². The molecule has 1 atom stereocenters. The molecule has 3 aromatic rings. The van der Waals surface area contributed by atoms with Gasteiger partial charge in [0, 0.05) is 42.5 Å². The number of carbonyl (C=O) groups is 2. The molecule has 0 fully saturated rings. The van der Waals surface area contributed by atoms with Crippen molar-refractivity contribution in [3.63, 3.8) is 0 Å². The first kappa shape index (κ1) is 27.1. The second-order valence-corrected chi connectivity index (χ2v) is 8.95. The third-order valence-corrected chi connectivity index (χ3v) is 6.35. The Balaban J connectivity index is 1.49. The molecule has 1 aromatic heterocycles. The third-order valence-electron chi connectivity index (χ3n) is 6.35. The summed E-state index contributed by atoms with van der Waals surface area (Å²) in [5, 5.41) is 14.2. The summed E-state index contributed by atoms with van der Waals surface area (Å²) in [7, 11) is 1.26. The summed E-state index contributed by atoms with van der Waals surface area (Å²) in [4.78, 5) is 40.7. The Bertz CT molecular complexity index is 1450. The Labute approximate surface area is 225 Å². The number of nitro groups is 1. The number of benzene rings is 2. The van der Waals surface area contributed by atoms with Crippen LogP contribution in [0.2, 0.25) is 0 Å². The van der Waals surface area contributed by atoms with Gasteiger partial charge in [0.25, 0.3) is 5.69 Å². The maximum absolute atomic E-state index is 13.3. The van der Waals surface area contributed by atoms with Crippen LogP contribution in [0.4, 0.5) is 5.69 Å². The van der Waals surface area contributed by atoms with E-state index in [-0.39, 0.29) is 23.4 Å². The molecule has 0 bridgehead atoms. The van der Waals surface area contributed by atoms with Crippen molar-refractivity contribution < 1.29 is 24.0 Å². The van der Waals surface area contributed by atoms with Crippen LogP contribution in [0.5, 0.6) is 0 Å². The molecule has 39 heavy (non-hydrogen) atoms. The molecule has 2 aromatic carbocycles. The smallest absolute Gasteiger partial charge is 0.337 e. The zero-order chi connectivity index (χ0) is 27.9. The molecule has 0 aliphatic carbocycles. The molecule has 0 amide bonds. The fourth-order valence-electron chi connectivity index (χ4n) is 4.48. The number of nitrogens with one attached hydrogen (secondary N) is 1. The van der Waals surface area contributed by atoms with Gasteiger partial charge in [-0.1, -0.05) is 42.5 Å². The van der Waals surface area contributed by atoms with Crippen molar-refractivity contribution in [1.29, 1.82) is 0 Å². The van der Waals surface area contributed by atoms with Crippen molar-refractivity contribution in [3.8, 4) is 0 Å². The van der Waals surface area contributed by atoms with Gasteiger partial charge in [0.15, 0.2) is 0 Å². The number of carbonyl (C=O) groups excluding carboxylic acids is 2. The molecule has 1 aliphatic rings. The van der Waals surface area contributed by atoms with Gasteiger partial charge in [-0.3, -0.25) is 10.1 Å². The highest BCUT2D eigenvalue weighted by atomic mass is 16.6. The number of methoxy groups -OCH3 is 1. The number of nitro benzene ring substituents is 1. The average molecular weight is 529 g/mol. The van der Waals surface area contributed by atoms with Crippen LogP contribution in [0.3, 0.4) is 0 Å². The summed E-state index contributed by atoms with van der Waals surface area (Å²) in [6, 6.07) is 13.7. The molecule has 0 spiro atoms. The number of rotatable bonds is 9. The molecule has 4 rings (SSSR count). The number of allylic oxidation sites excluding steroid dienone is 2. The minimum absolute atomic E-state index is 0.00956. The molecule has 1 aliphatic heterocycles. The summed E-state index contributed by atoms with van der Waals surface area (Å²) in [5.74, 6) is -2.05. The lowest BCUT2D eigenvalue weighted by molar-refractivity contribution is -0.384. The third kappa shape index (κ3) is 6.30. The molecule has 1 unspecified atom stereocenters. The molecular formula is C29H28N4O6. The largest absolute Gasteiger partial charge is 0.466 e. The standard InChI is InChI=1S/C29H28N4O6/c1-19-25(28(34)38-3)27(23-10-12-24(13-11-23)33(36)37)26(20(2)31-19)29(35)39-16-4-5-21-6-8-22(9-7-21)17-32-15-14-30-18-32/h4-15,18,27,31H,16-17H2,1-3H3/b5-4+. The Morgan fingerprint density at radius 3 is 2.31 bits per heavy atom. The summed E-state index contributed by atoms with van der Waals surface area (Å²) >= 11 is 0. The maximum atomic E-state index is 13.3. The van der Waals surface area contributed by atoms with E-state index in [1.165, 1.54) is 31.4 Å². The first-order chi connectivity index (χ1) is 18.8. The second kappa shape index (κ2) is 12.0. The number of imidazole rings is 1. The number of hydrogen-bond acceptors (Lipinski definition) is 8. The summed E-state index contributed by atoms with van der Waals surface area (Å²) in [6.45, 7) is 4.16. The highest BCUT2D eigenvalue weighted by Crippen LogP contribution is 2.39. The van der Waals surface area contributed by atoms with E-state index in [4.69, 9.17) is 9.47 Å². The number of hydrogen-bond donors (Lipinski definition) is 1. The van der Waals surface area contributed by atoms with Gasteiger partial charge in [-0.05, 0) is 36.6 Å². The van der Waals surface area contributed by atoms with Crippen LogP contribution < -0.4 is 5.32 Å². The monoisotopic (exact) mass is 528 g/mol. The van der Waals surface area contributed by atoms with Gasteiger partial charge >= 0.3 is 11.9 Å². The number of aromatic nitrogens is 2. The van der Waals surface area contributed by atoms with Crippen molar-refractivity contribution in [2.75, 3.05) is 13.7 Å². The van der Waals surface area contributed by atoms with Gasteiger partial charge in [0.1, 0.15) is 6.61 Å². The Morgan fingerprint density at radius 2 is 1.72 bits per heavy atom. The molecule has 2 heterocycles.